The number of unbranched alkanes of at least 4 members (excludes halogenated alkanes) is 7. The predicted molar refractivity (Wildman–Crippen MR) is 82.7 cm³/mol. The minimum absolute atomic E-state index is 0.209. The summed E-state index contributed by atoms with van der Waals surface area (Å²) >= 11 is 0. The Labute approximate surface area is 123 Å². The Morgan fingerprint density at radius 1 is 1.00 bits per heavy atom. The molecule has 0 aliphatic carbocycles. The van der Waals surface area contributed by atoms with Crippen molar-refractivity contribution < 1.29 is 4.52 Å². The molecule has 1 aromatic heterocycles. The molecular weight excluding hydrogens is 250 g/mol. The molecule has 1 N–H and O–H groups in total. The molecule has 116 valence electrons. The fourth-order valence-electron chi connectivity index (χ4n) is 2.29. The monoisotopic (exact) mass is 281 g/mol. The molecule has 0 saturated carbocycles. The molecule has 0 saturated heterocycles. The van der Waals surface area contributed by atoms with Crippen molar-refractivity contribution in [3.63, 3.8) is 0 Å². The number of hydrogen-bond donors (Lipinski definition) is 1. The lowest BCUT2D eigenvalue weighted by molar-refractivity contribution is 0.336. The summed E-state index contributed by atoms with van der Waals surface area (Å²) in [6.45, 7) is 9.30. The highest BCUT2D eigenvalue weighted by Crippen LogP contribution is 2.16. The van der Waals surface area contributed by atoms with E-state index < -0.39 is 0 Å². The van der Waals surface area contributed by atoms with E-state index in [2.05, 4.69) is 36.2 Å². The van der Waals surface area contributed by atoms with Crippen LogP contribution in [0.25, 0.3) is 0 Å². The van der Waals surface area contributed by atoms with Gasteiger partial charge in [0.25, 0.3) is 0 Å². The van der Waals surface area contributed by atoms with Gasteiger partial charge in [-0.15, -0.1) is 0 Å². The molecule has 4 heteroatoms. The van der Waals surface area contributed by atoms with Crippen LogP contribution in [0.2, 0.25) is 0 Å². The molecule has 4 nitrogen and oxygen atoms in total. The van der Waals surface area contributed by atoms with Crippen molar-refractivity contribution >= 4 is 0 Å². The standard InChI is InChI=1S/C16H31N3O/c1-5-6-7-8-9-10-11-12-13-17-16(3,4)15-18-14(2)20-19-15/h17H,5-13H2,1-4H3. The fourth-order valence-corrected chi connectivity index (χ4v) is 2.29. The van der Waals surface area contributed by atoms with E-state index in [9.17, 15) is 0 Å². The van der Waals surface area contributed by atoms with Gasteiger partial charge in [-0.1, -0.05) is 57.0 Å². The molecular formula is C16H31N3O. The predicted octanol–water partition coefficient (Wildman–Crippen LogP) is 4.34. The first-order valence-corrected chi connectivity index (χ1v) is 8.12. The van der Waals surface area contributed by atoms with Gasteiger partial charge in [-0.25, -0.2) is 0 Å². The van der Waals surface area contributed by atoms with Gasteiger partial charge in [0.1, 0.15) is 0 Å². The van der Waals surface area contributed by atoms with Crippen LogP contribution >= 0.6 is 0 Å². The van der Waals surface area contributed by atoms with E-state index in [0.717, 1.165) is 12.4 Å². The Bertz CT molecular complexity index is 360. The second-order valence-electron chi connectivity index (χ2n) is 6.16. The molecule has 0 bridgehead atoms. The van der Waals surface area contributed by atoms with E-state index in [1.165, 1.54) is 51.4 Å². The maximum atomic E-state index is 5.04. The first-order valence-electron chi connectivity index (χ1n) is 8.12. The zero-order chi connectivity index (χ0) is 14.8. The van der Waals surface area contributed by atoms with Crippen molar-refractivity contribution in [2.45, 2.75) is 84.6 Å². The van der Waals surface area contributed by atoms with Crippen LogP contribution in [0.3, 0.4) is 0 Å². The molecule has 0 spiro atoms. The summed E-state index contributed by atoms with van der Waals surface area (Å²) in [5, 5.41) is 7.51. The topological polar surface area (TPSA) is 51.0 Å². The minimum Gasteiger partial charge on any atom is -0.340 e. The first-order chi connectivity index (χ1) is 9.56. The number of nitrogens with one attached hydrogen (secondary N) is 1. The number of hydrogen-bond acceptors (Lipinski definition) is 4. The maximum Gasteiger partial charge on any atom is 0.223 e. The highest BCUT2D eigenvalue weighted by atomic mass is 16.5. The van der Waals surface area contributed by atoms with E-state index in [1.54, 1.807) is 0 Å². The van der Waals surface area contributed by atoms with Gasteiger partial charge in [-0.2, -0.15) is 4.98 Å². The lowest BCUT2D eigenvalue weighted by Crippen LogP contribution is -2.38. The van der Waals surface area contributed by atoms with E-state index in [1.807, 2.05) is 6.92 Å². The third-order valence-electron chi connectivity index (χ3n) is 3.68. The molecule has 0 aliphatic heterocycles. The van der Waals surface area contributed by atoms with Crippen LogP contribution in [0.15, 0.2) is 4.52 Å². The molecule has 0 atom stereocenters. The summed E-state index contributed by atoms with van der Waals surface area (Å²) in [6.07, 6.45) is 10.8. The molecule has 0 amide bonds. The third-order valence-corrected chi connectivity index (χ3v) is 3.68. The number of aromatic nitrogens is 2. The molecule has 0 radical (unpaired) electrons. The molecule has 1 aromatic rings. The molecule has 1 heterocycles. The highest BCUT2D eigenvalue weighted by molar-refractivity contribution is 5.00. The lowest BCUT2D eigenvalue weighted by atomic mass is 10.0. The summed E-state index contributed by atoms with van der Waals surface area (Å²) in [4.78, 5) is 4.30. The summed E-state index contributed by atoms with van der Waals surface area (Å²) in [7, 11) is 0. The maximum absolute atomic E-state index is 5.04. The van der Waals surface area contributed by atoms with Crippen LogP contribution in [0.5, 0.6) is 0 Å². The van der Waals surface area contributed by atoms with Gasteiger partial charge >= 0.3 is 0 Å². The third kappa shape index (κ3) is 6.51. The van der Waals surface area contributed by atoms with Crippen LogP contribution in [0.1, 0.15) is 83.9 Å². The van der Waals surface area contributed by atoms with Crippen molar-refractivity contribution in [2.75, 3.05) is 6.54 Å². The summed E-state index contributed by atoms with van der Waals surface area (Å²) in [6, 6.07) is 0. The van der Waals surface area contributed by atoms with Gasteiger partial charge in [0.05, 0.1) is 5.54 Å². The Morgan fingerprint density at radius 3 is 2.15 bits per heavy atom. The zero-order valence-corrected chi connectivity index (χ0v) is 13.7. The van der Waals surface area contributed by atoms with Gasteiger partial charge < -0.3 is 9.84 Å². The molecule has 0 fully saturated rings. The number of rotatable bonds is 11. The molecule has 0 aromatic carbocycles. The lowest BCUT2D eigenvalue weighted by Gasteiger charge is -2.22. The van der Waals surface area contributed by atoms with Crippen molar-refractivity contribution in [1.29, 1.82) is 0 Å². The van der Waals surface area contributed by atoms with E-state index >= 15 is 0 Å². The quantitative estimate of drug-likeness (QED) is 0.613. The largest absolute Gasteiger partial charge is 0.340 e. The second-order valence-corrected chi connectivity index (χ2v) is 6.16. The molecule has 20 heavy (non-hydrogen) atoms. The average Bonchev–Trinajstić information content (AvgIpc) is 2.84. The van der Waals surface area contributed by atoms with Crippen LogP contribution < -0.4 is 5.32 Å². The second kappa shape index (κ2) is 9.11. The summed E-state index contributed by atoms with van der Waals surface area (Å²) < 4.78 is 5.04. The normalized spacial score (nSPS) is 12.0. The van der Waals surface area contributed by atoms with Crippen LogP contribution in [-0.4, -0.2) is 16.7 Å². The van der Waals surface area contributed by atoms with Gasteiger partial charge in [0, 0.05) is 6.92 Å². The smallest absolute Gasteiger partial charge is 0.223 e. The Balaban J connectivity index is 2.06. The fraction of sp³-hybridized carbons (Fsp3) is 0.875. The number of aryl methyl sites for hydroxylation is 1. The van der Waals surface area contributed by atoms with Gasteiger partial charge in [-0.05, 0) is 26.8 Å². The first kappa shape index (κ1) is 17.2. The van der Waals surface area contributed by atoms with Crippen molar-refractivity contribution in [2.24, 2.45) is 0 Å². The van der Waals surface area contributed by atoms with Crippen LogP contribution in [0.4, 0.5) is 0 Å². The molecule has 0 aliphatic rings. The SMILES string of the molecule is CCCCCCCCCCNC(C)(C)c1noc(C)n1. The van der Waals surface area contributed by atoms with E-state index in [0.29, 0.717) is 5.89 Å². The highest BCUT2D eigenvalue weighted by Gasteiger charge is 2.24. The number of nitrogens with zero attached hydrogens (tertiary/aromatic N) is 2. The van der Waals surface area contributed by atoms with Crippen molar-refractivity contribution in [1.82, 2.24) is 15.5 Å². The minimum atomic E-state index is -0.209. The van der Waals surface area contributed by atoms with Gasteiger partial charge in [0.2, 0.25) is 5.89 Å². The Kier molecular flexibility index (Phi) is 7.82. The van der Waals surface area contributed by atoms with E-state index in [4.69, 9.17) is 4.52 Å². The van der Waals surface area contributed by atoms with Crippen molar-refractivity contribution in [3.8, 4) is 0 Å². The van der Waals surface area contributed by atoms with E-state index in [-0.39, 0.29) is 5.54 Å². The van der Waals surface area contributed by atoms with Crippen LogP contribution in [0, 0.1) is 6.92 Å². The van der Waals surface area contributed by atoms with Crippen LogP contribution in [-0.2, 0) is 5.54 Å². The molecule has 0 unspecified atom stereocenters. The van der Waals surface area contributed by atoms with Gasteiger partial charge in [0.15, 0.2) is 5.82 Å². The van der Waals surface area contributed by atoms with Crippen molar-refractivity contribution in [3.05, 3.63) is 11.7 Å². The average molecular weight is 281 g/mol. The Morgan fingerprint density at radius 2 is 1.60 bits per heavy atom. The zero-order valence-electron chi connectivity index (χ0n) is 13.7. The molecule has 1 rings (SSSR count). The Hall–Kier alpha value is -0.900. The van der Waals surface area contributed by atoms with Gasteiger partial charge in [-0.3, -0.25) is 0 Å². The summed E-state index contributed by atoms with van der Waals surface area (Å²) in [5.74, 6) is 1.37. The summed E-state index contributed by atoms with van der Waals surface area (Å²) in [5.41, 5.74) is -0.209.